The number of nitrogens with one attached hydrogen (secondary N) is 2. The number of benzene rings is 1. The summed E-state index contributed by atoms with van der Waals surface area (Å²) in [6.07, 6.45) is 6.32. The quantitative estimate of drug-likeness (QED) is 0.301. The van der Waals surface area contributed by atoms with Gasteiger partial charge < -0.3 is 25.0 Å². The first-order valence-corrected chi connectivity index (χ1v) is 11.5. The maximum atomic E-state index is 6.53. The first-order chi connectivity index (χ1) is 17.4. The zero-order valence-corrected chi connectivity index (χ0v) is 21.6. The predicted octanol–water partition coefficient (Wildman–Crippen LogP) is 5.20. The van der Waals surface area contributed by atoms with Crippen LogP contribution in [0.15, 0.2) is 49.3 Å². The van der Waals surface area contributed by atoms with Crippen LogP contribution in [0.1, 0.15) is 5.56 Å². The molecule has 0 spiro atoms. The molecular formula is C24H24Cl2N8O2. The van der Waals surface area contributed by atoms with E-state index in [1.165, 1.54) is 26.9 Å². The Kier molecular flexibility index (Phi) is 7.99. The number of anilines is 4. The average molecular weight is 527 g/mol. The predicted molar refractivity (Wildman–Crippen MR) is 141 cm³/mol. The minimum Gasteiger partial charge on any atom is -0.495 e. The Balaban J connectivity index is 1.63. The van der Waals surface area contributed by atoms with Crippen LogP contribution in [0, 0.1) is 0 Å². The van der Waals surface area contributed by atoms with E-state index in [1.807, 2.05) is 32.4 Å². The molecule has 3 aromatic heterocycles. The van der Waals surface area contributed by atoms with Crippen LogP contribution in [0.5, 0.6) is 11.5 Å². The zero-order chi connectivity index (χ0) is 25.7. The van der Waals surface area contributed by atoms with E-state index in [0.29, 0.717) is 45.9 Å². The molecule has 0 fully saturated rings. The second-order valence-electron chi connectivity index (χ2n) is 7.90. The number of aromatic nitrogens is 5. The fourth-order valence-corrected chi connectivity index (χ4v) is 3.99. The molecule has 0 amide bonds. The molecule has 0 aliphatic carbocycles. The van der Waals surface area contributed by atoms with Crippen molar-refractivity contribution in [2.75, 3.05) is 38.9 Å². The molecule has 10 nitrogen and oxygen atoms in total. The van der Waals surface area contributed by atoms with Gasteiger partial charge in [0, 0.05) is 31.1 Å². The Hall–Kier alpha value is -3.73. The summed E-state index contributed by atoms with van der Waals surface area (Å²) in [5, 5.41) is 6.93. The molecule has 0 aliphatic heterocycles. The molecule has 4 aromatic rings. The van der Waals surface area contributed by atoms with Crippen molar-refractivity contribution in [2.45, 2.75) is 6.54 Å². The summed E-state index contributed by atoms with van der Waals surface area (Å²) in [4.78, 5) is 23.8. The summed E-state index contributed by atoms with van der Waals surface area (Å²) < 4.78 is 10.7. The van der Waals surface area contributed by atoms with Crippen molar-refractivity contribution < 1.29 is 9.47 Å². The molecule has 36 heavy (non-hydrogen) atoms. The van der Waals surface area contributed by atoms with E-state index in [2.05, 4.69) is 40.5 Å². The van der Waals surface area contributed by atoms with E-state index in [1.54, 1.807) is 18.3 Å². The van der Waals surface area contributed by atoms with Crippen LogP contribution >= 0.6 is 23.2 Å². The van der Waals surface area contributed by atoms with Crippen molar-refractivity contribution in [3.05, 3.63) is 64.9 Å². The van der Waals surface area contributed by atoms with Gasteiger partial charge in [0.15, 0.2) is 0 Å². The van der Waals surface area contributed by atoms with Gasteiger partial charge in [-0.2, -0.15) is 0 Å². The topological polar surface area (TPSA) is 110 Å². The van der Waals surface area contributed by atoms with E-state index in [4.69, 9.17) is 32.7 Å². The smallest absolute Gasteiger partial charge is 0.143 e. The Morgan fingerprint density at radius 2 is 1.58 bits per heavy atom. The summed E-state index contributed by atoms with van der Waals surface area (Å²) in [5.74, 6) is 2.44. The van der Waals surface area contributed by atoms with Crippen molar-refractivity contribution in [2.24, 2.45) is 0 Å². The summed E-state index contributed by atoms with van der Waals surface area (Å²) in [5.41, 5.74) is 2.66. The molecular weight excluding hydrogens is 503 g/mol. The van der Waals surface area contributed by atoms with Gasteiger partial charge >= 0.3 is 0 Å². The summed E-state index contributed by atoms with van der Waals surface area (Å²) in [7, 11) is 7.04. The highest BCUT2D eigenvalue weighted by Crippen LogP contribution is 2.45. The molecule has 0 bridgehead atoms. The highest BCUT2D eigenvalue weighted by molar-refractivity contribution is 6.41. The number of hydrogen-bond acceptors (Lipinski definition) is 10. The fourth-order valence-electron chi connectivity index (χ4n) is 3.39. The number of nitrogens with zero attached hydrogens (tertiary/aromatic N) is 6. The highest BCUT2D eigenvalue weighted by atomic mass is 35.5. The van der Waals surface area contributed by atoms with Crippen molar-refractivity contribution in [1.29, 1.82) is 0 Å². The van der Waals surface area contributed by atoms with Crippen molar-refractivity contribution in [3.63, 3.8) is 0 Å². The molecule has 3 heterocycles. The molecule has 0 aliphatic rings. The van der Waals surface area contributed by atoms with Gasteiger partial charge in [-0.3, -0.25) is 0 Å². The lowest BCUT2D eigenvalue weighted by atomic mass is 10.2. The van der Waals surface area contributed by atoms with Crippen LogP contribution in [0.25, 0.3) is 11.3 Å². The molecule has 4 rings (SSSR count). The molecule has 186 valence electrons. The number of halogens is 2. The SMILES string of the molecule is COc1cc(OC)c(Cl)c(Nc2ncncc2-c2cc(Nc3ccc(CN(C)C)cn3)ncn2)c1Cl. The number of hydrogen-bond donors (Lipinski definition) is 2. The molecule has 2 N–H and O–H groups in total. The summed E-state index contributed by atoms with van der Waals surface area (Å²) >= 11 is 13.1. The maximum absolute atomic E-state index is 6.53. The number of pyridine rings is 1. The van der Waals surface area contributed by atoms with Crippen LogP contribution in [0.3, 0.4) is 0 Å². The molecule has 0 atom stereocenters. The lowest BCUT2D eigenvalue weighted by Gasteiger charge is -2.17. The van der Waals surface area contributed by atoms with Crippen molar-refractivity contribution in [1.82, 2.24) is 29.8 Å². The third-order valence-electron chi connectivity index (χ3n) is 5.05. The Bertz CT molecular complexity index is 1320. The molecule has 1 aromatic carbocycles. The second kappa shape index (κ2) is 11.3. The summed E-state index contributed by atoms with van der Waals surface area (Å²) in [6, 6.07) is 7.30. The van der Waals surface area contributed by atoms with E-state index < -0.39 is 0 Å². The third-order valence-corrected chi connectivity index (χ3v) is 5.80. The second-order valence-corrected chi connectivity index (χ2v) is 8.65. The van der Waals surface area contributed by atoms with Gasteiger partial charge in [0.05, 0.1) is 31.2 Å². The van der Waals surface area contributed by atoms with Crippen LogP contribution in [-0.4, -0.2) is 58.1 Å². The van der Waals surface area contributed by atoms with E-state index in [0.717, 1.165) is 12.1 Å². The highest BCUT2D eigenvalue weighted by Gasteiger charge is 2.20. The lowest BCUT2D eigenvalue weighted by molar-refractivity contribution is 0.395. The van der Waals surface area contributed by atoms with Gasteiger partial charge in [-0.1, -0.05) is 29.3 Å². The maximum Gasteiger partial charge on any atom is 0.143 e. The monoisotopic (exact) mass is 526 g/mol. The molecule has 12 heteroatoms. The normalized spacial score (nSPS) is 10.9. The van der Waals surface area contributed by atoms with Crippen molar-refractivity contribution in [3.8, 4) is 22.8 Å². The third kappa shape index (κ3) is 5.73. The first kappa shape index (κ1) is 25.4. The Morgan fingerprint density at radius 1 is 0.833 bits per heavy atom. The van der Waals surface area contributed by atoms with Gasteiger partial charge in [-0.05, 0) is 25.7 Å². The molecule has 0 saturated carbocycles. The minimum absolute atomic E-state index is 0.279. The average Bonchev–Trinajstić information content (AvgIpc) is 2.88. The summed E-state index contributed by atoms with van der Waals surface area (Å²) in [6.45, 7) is 0.807. The number of rotatable bonds is 9. The largest absolute Gasteiger partial charge is 0.495 e. The molecule has 0 radical (unpaired) electrons. The lowest BCUT2D eigenvalue weighted by Crippen LogP contribution is -2.10. The van der Waals surface area contributed by atoms with E-state index in [-0.39, 0.29) is 10.0 Å². The zero-order valence-electron chi connectivity index (χ0n) is 20.1. The standard InChI is InChI=1S/C24H24Cl2N8O2/c1-34(2)11-14-5-6-19(28-9-14)32-20-7-16(29-13-30-20)15-10-27-12-31-24(15)33-23-21(25)17(35-3)8-18(36-4)22(23)26/h5-10,12-13H,11H2,1-4H3,(H,27,31,33)(H,28,29,30,32). The number of methoxy groups -OCH3 is 2. The molecule has 0 unspecified atom stereocenters. The van der Waals surface area contributed by atoms with Crippen molar-refractivity contribution >= 4 is 46.3 Å². The van der Waals surface area contributed by atoms with Gasteiger partial charge in [-0.15, -0.1) is 0 Å². The van der Waals surface area contributed by atoms with Gasteiger partial charge in [0.25, 0.3) is 0 Å². The van der Waals surface area contributed by atoms with E-state index in [9.17, 15) is 0 Å². The van der Waals surface area contributed by atoms with Crippen LogP contribution < -0.4 is 20.1 Å². The Morgan fingerprint density at radius 3 is 2.22 bits per heavy atom. The van der Waals surface area contributed by atoms with Gasteiger partial charge in [0.1, 0.15) is 51.7 Å². The molecule has 0 saturated heterocycles. The van der Waals surface area contributed by atoms with Crippen LogP contribution in [0.2, 0.25) is 10.0 Å². The Labute approximate surface area is 218 Å². The minimum atomic E-state index is 0.279. The van der Waals surface area contributed by atoms with Gasteiger partial charge in [-0.25, -0.2) is 24.9 Å². The van der Waals surface area contributed by atoms with E-state index >= 15 is 0 Å². The first-order valence-electron chi connectivity index (χ1n) is 10.8. The van der Waals surface area contributed by atoms with Crippen LogP contribution in [0.4, 0.5) is 23.1 Å². The fraction of sp³-hybridized carbons (Fsp3) is 0.208. The number of ether oxygens (including phenoxy) is 2. The van der Waals surface area contributed by atoms with Gasteiger partial charge in [0.2, 0.25) is 0 Å². The van der Waals surface area contributed by atoms with Crippen LogP contribution in [-0.2, 0) is 6.54 Å².